The fraction of sp³-hybridized carbons (Fsp3) is 0.636. The van der Waals surface area contributed by atoms with Crippen molar-refractivity contribution < 1.29 is 13.5 Å². The molecule has 1 aromatic heterocycles. The zero-order chi connectivity index (χ0) is 13.1. The lowest BCUT2D eigenvalue weighted by Gasteiger charge is -2.24. The van der Waals surface area contributed by atoms with Gasteiger partial charge >= 0.3 is 0 Å². The van der Waals surface area contributed by atoms with Crippen molar-refractivity contribution >= 4 is 21.4 Å². The second-order valence-electron chi connectivity index (χ2n) is 3.87. The summed E-state index contributed by atoms with van der Waals surface area (Å²) in [5.74, 6) is 0. The predicted octanol–water partition coefficient (Wildman–Crippen LogP) is 2.05. The van der Waals surface area contributed by atoms with E-state index in [1.54, 1.807) is 19.2 Å². The van der Waals surface area contributed by atoms with Crippen LogP contribution in [0.3, 0.4) is 0 Å². The topological polar surface area (TPSA) is 57.6 Å². The first-order chi connectivity index (χ1) is 7.97. The van der Waals surface area contributed by atoms with Gasteiger partial charge in [0.25, 0.3) is 10.0 Å². The van der Waals surface area contributed by atoms with Crippen molar-refractivity contribution in [3.63, 3.8) is 0 Å². The van der Waals surface area contributed by atoms with Crippen molar-refractivity contribution in [2.75, 3.05) is 7.05 Å². The highest BCUT2D eigenvalue weighted by Crippen LogP contribution is 2.26. The Labute approximate surface area is 107 Å². The van der Waals surface area contributed by atoms with Crippen LogP contribution in [-0.2, 0) is 16.6 Å². The fourth-order valence-electron chi connectivity index (χ4n) is 1.72. The molecule has 0 atom stereocenters. The van der Waals surface area contributed by atoms with Crippen LogP contribution in [0.2, 0.25) is 0 Å². The second-order valence-corrected chi connectivity index (χ2v) is 7.26. The zero-order valence-corrected chi connectivity index (χ0v) is 12.0. The van der Waals surface area contributed by atoms with Gasteiger partial charge in [-0.25, -0.2) is 8.42 Å². The van der Waals surface area contributed by atoms with Crippen LogP contribution in [0.15, 0.2) is 16.3 Å². The molecule has 1 N–H and O–H groups in total. The largest absolute Gasteiger partial charge is 0.391 e. The summed E-state index contributed by atoms with van der Waals surface area (Å²) in [6.07, 6.45) is 1.59. The van der Waals surface area contributed by atoms with E-state index in [0.29, 0.717) is 9.09 Å². The van der Waals surface area contributed by atoms with Gasteiger partial charge < -0.3 is 5.11 Å². The number of thiophene rings is 1. The Kier molecular flexibility index (Phi) is 5.12. The molecule has 0 aliphatic heterocycles. The van der Waals surface area contributed by atoms with E-state index in [-0.39, 0.29) is 12.6 Å². The van der Waals surface area contributed by atoms with Crippen LogP contribution in [0.5, 0.6) is 0 Å². The molecule has 0 aliphatic carbocycles. The van der Waals surface area contributed by atoms with Crippen molar-refractivity contribution in [1.82, 2.24) is 4.31 Å². The maximum atomic E-state index is 12.3. The molecule has 1 rings (SSSR count). The monoisotopic (exact) mass is 277 g/mol. The lowest BCUT2D eigenvalue weighted by Crippen LogP contribution is -2.35. The quantitative estimate of drug-likeness (QED) is 0.866. The summed E-state index contributed by atoms with van der Waals surface area (Å²) >= 11 is 1.13. The molecule has 0 amide bonds. The third-order valence-corrected chi connectivity index (χ3v) is 6.33. The Morgan fingerprint density at radius 3 is 2.35 bits per heavy atom. The lowest BCUT2D eigenvalue weighted by atomic mass is 10.2. The molecule has 0 bridgehead atoms. The smallest absolute Gasteiger partial charge is 0.252 e. The van der Waals surface area contributed by atoms with Crippen molar-refractivity contribution in [1.29, 1.82) is 0 Å². The van der Waals surface area contributed by atoms with Gasteiger partial charge in [-0.2, -0.15) is 4.31 Å². The van der Waals surface area contributed by atoms with Crippen LogP contribution < -0.4 is 0 Å². The van der Waals surface area contributed by atoms with E-state index in [2.05, 4.69) is 0 Å². The Hall–Kier alpha value is -0.430. The molecule has 0 radical (unpaired) electrons. The molecule has 0 aromatic carbocycles. The van der Waals surface area contributed by atoms with Crippen molar-refractivity contribution in [3.05, 3.63) is 17.0 Å². The summed E-state index contributed by atoms with van der Waals surface area (Å²) in [6.45, 7) is 3.84. The highest BCUT2D eigenvalue weighted by Gasteiger charge is 2.27. The average Bonchev–Trinajstić information content (AvgIpc) is 2.79. The SMILES string of the molecule is CCC(CC)N(C)S(=O)(=O)c1ccc(CO)s1. The summed E-state index contributed by atoms with van der Waals surface area (Å²) in [7, 11) is -1.79. The molecule has 1 heterocycles. The van der Waals surface area contributed by atoms with Crippen LogP contribution in [-0.4, -0.2) is 30.9 Å². The van der Waals surface area contributed by atoms with E-state index in [1.165, 1.54) is 4.31 Å². The van der Waals surface area contributed by atoms with Crippen molar-refractivity contribution in [3.8, 4) is 0 Å². The molecule has 4 nitrogen and oxygen atoms in total. The molecule has 1 aromatic rings. The molecule has 0 spiro atoms. The number of hydrogen-bond acceptors (Lipinski definition) is 4. The first-order valence-electron chi connectivity index (χ1n) is 5.64. The third kappa shape index (κ3) is 3.07. The van der Waals surface area contributed by atoms with Gasteiger partial charge in [0.15, 0.2) is 0 Å². The first kappa shape index (κ1) is 14.6. The highest BCUT2D eigenvalue weighted by molar-refractivity contribution is 7.91. The summed E-state index contributed by atoms with van der Waals surface area (Å²) < 4.78 is 26.3. The fourth-order valence-corrected chi connectivity index (χ4v) is 4.63. The Balaban J connectivity index is 3.01. The molecule has 98 valence electrons. The maximum absolute atomic E-state index is 12.3. The van der Waals surface area contributed by atoms with E-state index in [9.17, 15) is 8.42 Å². The van der Waals surface area contributed by atoms with Gasteiger partial charge in [-0.15, -0.1) is 11.3 Å². The molecule has 0 fully saturated rings. The molecule has 6 heteroatoms. The second kappa shape index (κ2) is 5.95. The molecule has 17 heavy (non-hydrogen) atoms. The molecular weight excluding hydrogens is 258 g/mol. The average molecular weight is 277 g/mol. The van der Waals surface area contributed by atoms with Crippen molar-refractivity contribution in [2.45, 2.75) is 43.5 Å². The summed E-state index contributed by atoms with van der Waals surface area (Å²) in [6, 6.07) is 3.24. The molecule has 0 unspecified atom stereocenters. The van der Waals surface area contributed by atoms with E-state index in [4.69, 9.17) is 5.11 Å². The summed E-state index contributed by atoms with van der Waals surface area (Å²) in [5, 5.41) is 8.96. The van der Waals surface area contributed by atoms with Gasteiger partial charge in [-0.1, -0.05) is 13.8 Å². The Bertz CT molecular complexity index is 449. The van der Waals surface area contributed by atoms with Crippen LogP contribution in [0, 0.1) is 0 Å². The third-order valence-electron chi connectivity index (χ3n) is 2.88. The number of rotatable bonds is 6. The van der Waals surface area contributed by atoms with E-state index in [0.717, 1.165) is 24.2 Å². The number of aliphatic hydroxyl groups excluding tert-OH is 1. The Morgan fingerprint density at radius 2 is 1.94 bits per heavy atom. The number of aliphatic hydroxyl groups is 1. The normalized spacial score (nSPS) is 12.6. The van der Waals surface area contributed by atoms with E-state index >= 15 is 0 Å². The molecule has 0 aliphatic rings. The van der Waals surface area contributed by atoms with Gasteiger partial charge in [0.05, 0.1) is 6.61 Å². The molecular formula is C11H19NO3S2. The summed E-state index contributed by atoms with van der Waals surface area (Å²) in [5.41, 5.74) is 0. The number of hydrogen-bond donors (Lipinski definition) is 1. The first-order valence-corrected chi connectivity index (χ1v) is 7.90. The molecule has 0 saturated carbocycles. The van der Waals surface area contributed by atoms with Crippen LogP contribution in [0.1, 0.15) is 31.6 Å². The number of nitrogens with zero attached hydrogens (tertiary/aromatic N) is 1. The van der Waals surface area contributed by atoms with Gasteiger partial charge in [0, 0.05) is 18.0 Å². The van der Waals surface area contributed by atoms with Gasteiger partial charge in [-0.3, -0.25) is 0 Å². The highest BCUT2D eigenvalue weighted by atomic mass is 32.2. The Morgan fingerprint density at radius 1 is 1.35 bits per heavy atom. The van der Waals surface area contributed by atoms with E-state index in [1.807, 2.05) is 13.8 Å². The maximum Gasteiger partial charge on any atom is 0.252 e. The van der Waals surface area contributed by atoms with Crippen LogP contribution in [0.25, 0.3) is 0 Å². The standard InChI is InChI=1S/C11H19NO3S2/c1-4-9(5-2)12(3)17(14,15)11-7-6-10(8-13)16-11/h6-7,9,13H,4-5,8H2,1-3H3. The zero-order valence-electron chi connectivity index (χ0n) is 10.4. The minimum atomic E-state index is -3.41. The van der Waals surface area contributed by atoms with Gasteiger partial charge in [0.1, 0.15) is 4.21 Å². The lowest BCUT2D eigenvalue weighted by molar-refractivity contribution is 0.285. The van der Waals surface area contributed by atoms with Crippen molar-refractivity contribution in [2.24, 2.45) is 0 Å². The minimum absolute atomic E-state index is 0.0275. The van der Waals surface area contributed by atoms with Gasteiger partial charge in [0.2, 0.25) is 0 Å². The predicted molar refractivity (Wildman–Crippen MR) is 69.6 cm³/mol. The number of sulfonamides is 1. The van der Waals surface area contributed by atoms with Gasteiger partial charge in [-0.05, 0) is 25.0 Å². The molecule has 0 saturated heterocycles. The van der Waals surface area contributed by atoms with E-state index < -0.39 is 10.0 Å². The van der Waals surface area contributed by atoms with Crippen LogP contribution >= 0.6 is 11.3 Å². The summed E-state index contributed by atoms with van der Waals surface area (Å²) in [4.78, 5) is 0.668. The van der Waals surface area contributed by atoms with Crippen LogP contribution in [0.4, 0.5) is 0 Å². The minimum Gasteiger partial charge on any atom is -0.391 e.